The lowest BCUT2D eigenvalue weighted by Gasteiger charge is -2.05. The fourth-order valence-corrected chi connectivity index (χ4v) is 2.85. The van der Waals surface area contributed by atoms with Crippen LogP contribution in [0.5, 0.6) is 0 Å². The Morgan fingerprint density at radius 1 is 1.20 bits per heavy atom. The summed E-state index contributed by atoms with van der Waals surface area (Å²) in [4.78, 5) is 11.1. The van der Waals surface area contributed by atoms with Crippen molar-refractivity contribution in [1.29, 1.82) is 0 Å². The van der Waals surface area contributed by atoms with Gasteiger partial charge >= 0.3 is 0 Å². The van der Waals surface area contributed by atoms with Crippen molar-refractivity contribution in [3.05, 3.63) is 69.8 Å². The number of thioether (sulfide) groups is 1. The second-order valence-electron chi connectivity index (χ2n) is 4.81. The zero-order valence-electron chi connectivity index (χ0n) is 12.5. The Morgan fingerprint density at radius 3 is 2.72 bits per heavy atom. The molecule has 25 heavy (non-hydrogen) atoms. The molecule has 0 saturated carbocycles. The molecule has 5 nitrogen and oxygen atoms in total. The first-order chi connectivity index (χ1) is 12.0. The van der Waals surface area contributed by atoms with Crippen molar-refractivity contribution >= 4 is 35.4 Å². The van der Waals surface area contributed by atoms with E-state index in [4.69, 9.17) is 16.0 Å². The average Bonchev–Trinajstić information content (AvgIpc) is 3.03. The van der Waals surface area contributed by atoms with Crippen LogP contribution in [0.4, 0.5) is 4.39 Å². The predicted octanol–water partition coefficient (Wildman–Crippen LogP) is 3.41. The van der Waals surface area contributed by atoms with Gasteiger partial charge in [0.15, 0.2) is 0 Å². The molecular formula is C17H9ClFN2O3S-. The topological polar surface area (TPSA) is 79.0 Å². The van der Waals surface area contributed by atoms with Crippen molar-refractivity contribution < 1.29 is 18.7 Å². The van der Waals surface area contributed by atoms with Crippen molar-refractivity contribution in [3.63, 3.8) is 0 Å². The highest BCUT2D eigenvalue weighted by atomic mass is 35.5. The summed E-state index contributed by atoms with van der Waals surface area (Å²) in [7, 11) is 0. The molecule has 3 aromatic rings. The van der Waals surface area contributed by atoms with Gasteiger partial charge in [0.1, 0.15) is 5.82 Å². The molecule has 0 aliphatic carbocycles. The van der Waals surface area contributed by atoms with Crippen LogP contribution in [0.25, 0.3) is 17.5 Å². The molecule has 0 N–H and O–H groups in total. The lowest BCUT2D eigenvalue weighted by atomic mass is 10.2. The molecule has 0 aliphatic heterocycles. The molecule has 8 heteroatoms. The number of halogens is 2. The molecule has 0 amide bonds. The third-order valence-corrected chi connectivity index (χ3v) is 4.23. The molecule has 1 aromatic heterocycles. The lowest BCUT2D eigenvalue weighted by Crippen LogP contribution is -2.23. The van der Waals surface area contributed by atoms with E-state index in [0.29, 0.717) is 27.9 Å². The standard InChI is InChI=1S/C17H10ClFN2O3S/c18-13-7-2-1-6-12(13)15-20-21-17(24-15)25-14(16(22)23)9-10-4-3-5-11(19)8-10/h1-9H,(H,22,23)/p-1/b14-9+. The second kappa shape index (κ2) is 7.50. The summed E-state index contributed by atoms with van der Waals surface area (Å²) in [5, 5.41) is 19.4. The Morgan fingerprint density at radius 2 is 2.00 bits per heavy atom. The maximum absolute atomic E-state index is 13.2. The predicted molar refractivity (Wildman–Crippen MR) is 90.0 cm³/mol. The summed E-state index contributed by atoms with van der Waals surface area (Å²) >= 11 is 6.77. The maximum Gasteiger partial charge on any atom is 0.281 e. The van der Waals surface area contributed by atoms with Gasteiger partial charge in [0, 0.05) is 4.91 Å². The summed E-state index contributed by atoms with van der Waals surface area (Å²) < 4.78 is 18.7. The molecule has 0 spiro atoms. The normalized spacial score (nSPS) is 11.5. The Bertz CT molecular complexity index is 958. The van der Waals surface area contributed by atoms with E-state index in [0.717, 1.165) is 0 Å². The molecule has 1 heterocycles. The van der Waals surface area contributed by atoms with Gasteiger partial charge in [0.25, 0.3) is 5.22 Å². The molecule has 0 aliphatic rings. The summed E-state index contributed by atoms with van der Waals surface area (Å²) in [6.45, 7) is 0. The summed E-state index contributed by atoms with van der Waals surface area (Å²) in [5.74, 6) is -1.75. The van der Waals surface area contributed by atoms with Gasteiger partial charge in [-0.25, -0.2) is 4.39 Å². The minimum absolute atomic E-state index is 0.00164. The third kappa shape index (κ3) is 4.26. The molecule has 3 rings (SSSR count). The van der Waals surface area contributed by atoms with E-state index in [1.54, 1.807) is 30.3 Å². The van der Waals surface area contributed by atoms with Crippen LogP contribution in [0, 0.1) is 5.82 Å². The Labute approximate surface area is 151 Å². The Kier molecular flexibility index (Phi) is 5.16. The van der Waals surface area contributed by atoms with Crippen LogP contribution in [0.3, 0.4) is 0 Å². The number of nitrogens with zero attached hydrogens (tertiary/aromatic N) is 2. The summed E-state index contributed by atoms with van der Waals surface area (Å²) in [5.41, 5.74) is 0.908. The number of aliphatic carboxylic acids is 1. The van der Waals surface area contributed by atoms with Crippen LogP contribution < -0.4 is 5.11 Å². The number of carbonyl (C=O) groups excluding carboxylic acids is 1. The monoisotopic (exact) mass is 375 g/mol. The van der Waals surface area contributed by atoms with E-state index in [-0.39, 0.29) is 16.0 Å². The minimum atomic E-state index is -1.44. The molecule has 0 atom stereocenters. The molecular weight excluding hydrogens is 367 g/mol. The van der Waals surface area contributed by atoms with Gasteiger partial charge in [-0.1, -0.05) is 35.9 Å². The van der Waals surface area contributed by atoms with E-state index < -0.39 is 11.8 Å². The van der Waals surface area contributed by atoms with E-state index in [1.807, 2.05) is 0 Å². The molecule has 0 fully saturated rings. The smallest absolute Gasteiger partial charge is 0.281 e. The molecule has 0 bridgehead atoms. The number of carboxylic acids is 1. The fourth-order valence-electron chi connectivity index (χ4n) is 1.97. The Hall–Kier alpha value is -2.64. The van der Waals surface area contributed by atoms with E-state index in [9.17, 15) is 14.3 Å². The molecule has 0 saturated heterocycles. The van der Waals surface area contributed by atoms with Gasteiger partial charge in [-0.3, -0.25) is 0 Å². The number of carboxylic acid groups (broad SMARTS) is 1. The van der Waals surface area contributed by atoms with Gasteiger partial charge in [-0.2, -0.15) is 0 Å². The third-order valence-electron chi connectivity index (χ3n) is 3.06. The van der Waals surface area contributed by atoms with Crippen molar-refractivity contribution in [1.82, 2.24) is 10.2 Å². The number of rotatable bonds is 5. The number of benzene rings is 2. The average molecular weight is 376 g/mol. The quantitative estimate of drug-likeness (QED) is 0.502. The largest absolute Gasteiger partial charge is 0.544 e. The van der Waals surface area contributed by atoms with E-state index in [1.165, 1.54) is 24.3 Å². The van der Waals surface area contributed by atoms with Gasteiger partial charge in [-0.05, 0) is 47.7 Å². The number of aromatic nitrogens is 2. The van der Waals surface area contributed by atoms with Gasteiger partial charge in [0.2, 0.25) is 5.89 Å². The minimum Gasteiger partial charge on any atom is -0.544 e. The SMILES string of the molecule is O=C([O-])/C(=C\c1cccc(F)c1)Sc1nnc(-c2ccccc2Cl)o1. The van der Waals surface area contributed by atoms with Crippen molar-refractivity contribution in [2.45, 2.75) is 5.22 Å². The molecule has 0 unspecified atom stereocenters. The van der Waals surface area contributed by atoms with Gasteiger partial charge < -0.3 is 14.3 Å². The van der Waals surface area contributed by atoms with E-state index >= 15 is 0 Å². The molecule has 2 aromatic carbocycles. The maximum atomic E-state index is 13.2. The lowest BCUT2D eigenvalue weighted by molar-refractivity contribution is -0.298. The van der Waals surface area contributed by atoms with Crippen molar-refractivity contribution in [2.75, 3.05) is 0 Å². The second-order valence-corrected chi connectivity index (χ2v) is 6.21. The molecule has 0 radical (unpaired) electrons. The first kappa shape index (κ1) is 17.2. The Balaban J connectivity index is 1.87. The van der Waals surface area contributed by atoms with Crippen LogP contribution in [0.2, 0.25) is 5.02 Å². The highest BCUT2D eigenvalue weighted by Crippen LogP contribution is 2.32. The summed E-state index contributed by atoms with van der Waals surface area (Å²) in [6.07, 6.45) is 1.27. The highest BCUT2D eigenvalue weighted by molar-refractivity contribution is 8.03. The van der Waals surface area contributed by atoms with Crippen molar-refractivity contribution in [3.8, 4) is 11.5 Å². The number of carbonyl (C=O) groups is 1. The summed E-state index contributed by atoms with van der Waals surface area (Å²) in [6, 6.07) is 12.4. The first-order valence-electron chi connectivity index (χ1n) is 6.98. The highest BCUT2D eigenvalue weighted by Gasteiger charge is 2.14. The van der Waals surface area contributed by atoms with Crippen LogP contribution >= 0.6 is 23.4 Å². The van der Waals surface area contributed by atoms with Crippen LogP contribution in [-0.2, 0) is 4.79 Å². The zero-order valence-corrected chi connectivity index (χ0v) is 14.1. The number of hydrogen-bond acceptors (Lipinski definition) is 6. The van der Waals surface area contributed by atoms with Crippen LogP contribution in [-0.4, -0.2) is 16.2 Å². The van der Waals surface area contributed by atoms with Crippen LogP contribution in [0.1, 0.15) is 5.56 Å². The first-order valence-corrected chi connectivity index (χ1v) is 8.17. The fraction of sp³-hybridized carbons (Fsp3) is 0. The van der Waals surface area contributed by atoms with Crippen molar-refractivity contribution in [2.24, 2.45) is 0 Å². The van der Waals surface area contributed by atoms with E-state index in [2.05, 4.69) is 10.2 Å². The zero-order chi connectivity index (χ0) is 17.8. The number of hydrogen-bond donors (Lipinski definition) is 0. The van der Waals surface area contributed by atoms with Gasteiger partial charge in [0.05, 0.1) is 16.6 Å². The molecule has 126 valence electrons. The van der Waals surface area contributed by atoms with Crippen LogP contribution in [0.15, 0.2) is 63.1 Å². The van der Waals surface area contributed by atoms with Gasteiger partial charge in [-0.15, -0.1) is 10.2 Å².